The van der Waals surface area contributed by atoms with Crippen molar-refractivity contribution >= 4 is 11.9 Å². The molecule has 1 aliphatic carbocycles. The standard InChI is InChI=1S/C16H29N3O2/c1-12(2)9-18-16(21)19-7-3-4-14(11-19)8-15(20)17-10-13-5-6-13/h12-14H,3-11H2,1-2H3,(H,17,20)(H,18,21)/t14-/m0/s1. The minimum Gasteiger partial charge on any atom is -0.356 e. The molecule has 0 aromatic carbocycles. The summed E-state index contributed by atoms with van der Waals surface area (Å²) in [5.74, 6) is 1.64. The molecule has 21 heavy (non-hydrogen) atoms. The van der Waals surface area contributed by atoms with Crippen LogP contribution in [0.15, 0.2) is 0 Å². The van der Waals surface area contributed by atoms with Gasteiger partial charge < -0.3 is 15.5 Å². The molecule has 0 bridgehead atoms. The van der Waals surface area contributed by atoms with Crippen LogP contribution in [0, 0.1) is 17.8 Å². The lowest BCUT2D eigenvalue weighted by atomic mass is 9.94. The molecule has 3 amide bonds. The SMILES string of the molecule is CC(C)CNC(=O)N1CCC[C@@H](CC(=O)NCC2CC2)C1. The number of rotatable bonds is 6. The summed E-state index contributed by atoms with van der Waals surface area (Å²) in [4.78, 5) is 25.8. The van der Waals surface area contributed by atoms with Crippen LogP contribution < -0.4 is 10.6 Å². The number of likely N-dealkylation sites (tertiary alicyclic amines) is 1. The molecule has 5 heteroatoms. The first-order valence-corrected chi connectivity index (χ1v) is 8.34. The van der Waals surface area contributed by atoms with Gasteiger partial charge in [0.1, 0.15) is 0 Å². The molecule has 0 unspecified atom stereocenters. The maximum Gasteiger partial charge on any atom is 0.317 e. The van der Waals surface area contributed by atoms with Gasteiger partial charge in [-0.15, -0.1) is 0 Å². The van der Waals surface area contributed by atoms with E-state index in [0.717, 1.165) is 31.8 Å². The smallest absolute Gasteiger partial charge is 0.317 e. The normalized spacial score (nSPS) is 22.2. The van der Waals surface area contributed by atoms with Crippen LogP contribution >= 0.6 is 0 Å². The van der Waals surface area contributed by atoms with Crippen LogP contribution in [0.25, 0.3) is 0 Å². The number of urea groups is 1. The van der Waals surface area contributed by atoms with Crippen LogP contribution in [0.3, 0.4) is 0 Å². The van der Waals surface area contributed by atoms with Crippen LogP contribution in [0.5, 0.6) is 0 Å². The molecule has 1 aliphatic heterocycles. The second kappa shape index (κ2) is 7.66. The number of carbonyl (C=O) groups excluding carboxylic acids is 2. The van der Waals surface area contributed by atoms with E-state index in [1.54, 1.807) is 0 Å². The van der Waals surface area contributed by atoms with Gasteiger partial charge in [0, 0.05) is 32.6 Å². The molecule has 1 heterocycles. The maximum atomic E-state index is 12.1. The van der Waals surface area contributed by atoms with Gasteiger partial charge in [-0.2, -0.15) is 0 Å². The van der Waals surface area contributed by atoms with Gasteiger partial charge in [0.2, 0.25) is 5.91 Å². The van der Waals surface area contributed by atoms with Crippen molar-refractivity contribution in [1.82, 2.24) is 15.5 Å². The summed E-state index contributed by atoms with van der Waals surface area (Å²) in [5, 5.41) is 5.98. The van der Waals surface area contributed by atoms with Crippen molar-refractivity contribution in [3.63, 3.8) is 0 Å². The van der Waals surface area contributed by atoms with E-state index in [2.05, 4.69) is 24.5 Å². The van der Waals surface area contributed by atoms with E-state index >= 15 is 0 Å². The Kier molecular flexibility index (Phi) is 5.88. The number of nitrogens with one attached hydrogen (secondary N) is 2. The highest BCUT2D eigenvalue weighted by atomic mass is 16.2. The summed E-state index contributed by atoms with van der Waals surface area (Å²) in [5.41, 5.74) is 0. The lowest BCUT2D eigenvalue weighted by Gasteiger charge is -2.32. The second-order valence-corrected chi connectivity index (χ2v) is 6.99. The van der Waals surface area contributed by atoms with Crippen molar-refractivity contribution in [3.05, 3.63) is 0 Å². The summed E-state index contributed by atoms with van der Waals surface area (Å²) in [7, 11) is 0. The molecule has 0 aromatic rings. The van der Waals surface area contributed by atoms with Gasteiger partial charge >= 0.3 is 6.03 Å². The largest absolute Gasteiger partial charge is 0.356 e. The van der Waals surface area contributed by atoms with Crippen molar-refractivity contribution < 1.29 is 9.59 Å². The van der Waals surface area contributed by atoms with Crippen molar-refractivity contribution in [3.8, 4) is 0 Å². The fourth-order valence-electron chi connectivity index (χ4n) is 2.73. The molecule has 1 saturated heterocycles. The van der Waals surface area contributed by atoms with E-state index < -0.39 is 0 Å². The predicted octanol–water partition coefficient (Wildman–Crippen LogP) is 1.98. The van der Waals surface area contributed by atoms with Gasteiger partial charge in [-0.25, -0.2) is 4.79 Å². The van der Waals surface area contributed by atoms with Gasteiger partial charge in [0.15, 0.2) is 0 Å². The highest BCUT2D eigenvalue weighted by Crippen LogP contribution is 2.27. The average molecular weight is 295 g/mol. The first-order valence-electron chi connectivity index (χ1n) is 8.34. The van der Waals surface area contributed by atoms with Gasteiger partial charge in [-0.3, -0.25) is 4.79 Å². The van der Waals surface area contributed by atoms with Crippen molar-refractivity contribution in [2.75, 3.05) is 26.2 Å². The van der Waals surface area contributed by atoms with E-state index in [1.807, 2.05) is 4.90 Å². The fourth-order valence-corrected chi connectivity index (χ4v) is 2.73. The highest BCUT2D eigenvalue weighted by molar-refractivity contribution is 5.77. The fraction of sp³-hybridized carbons (Fsp3) is 0.875. The Labute approximate surface area is 127 Å². The van der Waals surface area contributed by atoms with Crippen molar-refractivity contribution in [2.45, 2.75) is 46.0 Å². The monoisotopic (exact) mass is 295 g/mol. The third-order valence-corrected chi connectivity index (χ3v) is 4.23. The minimum atomic E-state index is 0.0202. The van der Waals surface area contributed by atoms with Gasteiger partial charge in [-0.1, -0.05) is 13.8 Å². The van der Waals surface area contributed by atoms with Crippen LogP contribution in [-0.2, 0) is 4.79 Å². The van der Waals surface area contributed by atoms with E-state index in [-0.39, 0.29) is 11.9 Å². The molecule has 2 fully saturated rings. The third-order valence-electron chi connectivity index (χ3n) is 4.23. The highest BCUT2D eigenvalue weighted by Gasteiger charge is 2.26. The zero-order valence-corrected chi connectivity index (χ0v) is 13.4. The quantitative estimate of drug-likeness (QED) is 0.787. The molecular formula is C16H29N3O2. The average Bonchev–Trinajstić information content (AvgIpc) is 3.27. The molecular weight excluding hydrogens is 266 g/mol. The zero-order chi connectivity index (χ0) is 15.2. The van der Waals surface area contributed by atoms with Crippen LogP contribution in [0.2, 0.25) is 0 Å². The Morgan fingerprint density at radius 2 is 1.90 bits per heavy atom. The summed E-state index contributed by atoms with van der Waals surface area (Å²) >= 11 is 0. The first kappa shape index (κ1) is 16.1. The molecule has 0 spiro atoms. The Hall–Kier alpha value is -1.26. The van der Waals surface area contributed by atoms with E-state index in [9.17, 15) is 9.59 Å². The van der Waals surface area contributed by atoms with Crippen LogP contribution in [0.1, 0.15) is 46.0 Å². The number of amides is 3. The third kappa shape index (κ3) is 5.94. The van der Waals surface area contributed by atoms with E-state index in [0.29, 0.717) is 31.3 Å². The molecule has 0 radical (unpaired) electrons. The Bertz CT molecular complexity index is 367. The van der Waals surface area contributed by atoms with Gasteiger partial charge in [0.25, 0.3) is 0 Å². The van der Waals surface area contributed by atoms with Crippen LogP contribution in [0.4, 0.5) is 4.79 Å². The van der Waals surface area contributed by atoms with Gasteiger partial charge in [0.05, 0.1) is 0 Å². The summed E-state index contributed by atoms with van der Waals surface area (Å²) in [6.45, 7) is 7.24. The summed E-state index contributed by atoms with van der Waals surface area (Å²) in [6.07, 6.45) is 5.11. The summed E-state index contributed by atoms with van der Waals surface area (Å²) in [6, 6.07) is 0.0202. The number of nitrogens with zero attached hydrogens (tertiary/aromatic N) is 1. The van der Waals surface area contributed by atoms with E-state index in [1.165, 1.54) is 12.8 Å². The first-order chi connectivity index (χ1) is 10.0. The topological polar surface area (TPSA) is 61.4 Å². The number of hydrogen-bond acceptors (Lipinski definition) is 2. The molecule has 120 valence electrons. The zero-order valence-electron chi connectivity index (χ0n) is 13.4. The molecule has 2 N–H and O–H groups in total. The summed E-state index contributed by atoms with van der Waals surface area (Å²) < 4.78 is 0. The predicted molar refractivity (Wildman–Crippen MR) is 82.9 cm³/mol. The number of piperidine rings is 1. The minimum absolute atomic E-state index is 0.0202. The van der Waals surface area contributed by atoms with Crippen molar-refractivity contribution in [2.24, 2.45) is 17.8 Å². The molecule has 1 saturated carbocycles. The number of hydrogen-bond donors (Lipinski definition) is 2. The van der Waals surface area contributed by atoms with Crippen molar-refractivity contribution in [1.29, 1.82) is 0 Å². The maximum absolute atomic E-state index is 12.1. The number of carbonyl (C=O) groups is 2. The molecule has 5 nitrogen and oxygen atoms in total. The second-order valence-electron chi connectivity index (χ2n) is 6.99. The lowest BCUT2D eigenvalue weighted by molar-refractivity contribution is -0.122. The van der Waals surface area contributed by atoms with E-state index in [4.69, 9.17) is 0 Å². The molecule has 0 aromatic heterocycles. The van der Waals surface area contributed by atoms with Gasteiger partial charge in [-0.05, 0) is 43.4 Å². The molecule has 2 aliphatic rings. The Morgan fingerprint density at radius 1 is 1.14 bits per heavy atom. The Morgan fingerprint density at radius 3 is 2.57 bits per heavy atom. The Balaban J connectivity index is 1.69. The van der Waals surface area contributed by atoms with Crippen LogP contribution in [-0.4, -0.2) is 43.0 Å². The lowest BCUT2D eigenvalue weighted by Crippen LogP contribution is -2.47. The molecule has 2 rings (SSSR count). The molecule has 1 atom stereocenters.